The lowest BCUT2D eigenvalue weighted by molar-refractivity contribution is -0.256. The van der Waals surface area contributed by atoms with Crippen LogP contribution in [-0.4, -0.2) is 43.6 Å². The minimum atomic E-state index is -5.65. The second-order valence-electron chi connectivity index (χ2n) is 4.16. The molecule has 0 amide bonds. The molecule has 1 rings (SSSR count). The van der Waals surface area contributed by atoms with Crippen LogP contribution in [0.3, 0.4) is 0 Å². The number of hydrogen-bond donors (Lipinski definition) is 1. The van der Waals surface area contributed by atoms with Crippen molar-refractivity contribution in [1.29, 1.82) is 0 Å². The Balaban J connectivity index is 3.30. The molecule has 0 aromatic carbocycles. The number of alkyl halides is 6. The Labute approximate surface area is 113 Å². The van der Waals surface area contributed by atoms with Crippen molar-refractivity contribution in [3.8, 4) is 0 Å². The van der Waals surface area contributed by atoms with Gasteiger partial charge < -0.3 is 5.11 Å². The van der Waals surface area contributed by atoms with E-state index in [9.17, 15) is 31.1 Å². The molecule has 6 nitrogen and oxygen atoms in total. The maximum absolute atomic E-state index is 12.6. The van der Waals surface area contributed by atoms with Crippen LogP contribution in [0.15, 0.2) is 0 Å². The van der Waals surface area contributed by atoms with E-state index in [-0.39, 0.29) is 11.1 Å². The monoisotopic (exact) mass is 320 g/mol. The summed E-state index contributed by atoms with van der Waals surface area (Å²) in [5.41, 5.74) is 0. The average Bonchev–Trinajstić information content (AvgIpc) is 2.70. The number of carboxylic acids is 1. The van der Waals surface area contributed by atoms with Crippen LogP contribution in [0.25, 0.3) is 0 Å². The molecule has 120 valence electrons. The zero-order valence-corrected chi connectivity index (χ0v) is 10.5. The van der Waals surface area contributed by atoms with Gasteiger partial charge in [0.25, 0.3) is 0 Å². The number of aliphatic carboxylic acids is 1. The Morgan fingerprint density at radius 2 is 1.76 bits per heavy atom. The number of nitrogens with zero attached hydrogens (tertiary/aromatic N) is 4. The van der Waals surface area contributed by atoms with E-state index in [2.05, 4.69) is 15.5 Å². The molecule has 1 atom stereocenters. The number of hydrogen-bond acceptors (Lipinski definition) is 4. The smallest absolute Gasteiger partial charge is 0.407 e. The van der Waals surface area contributed by atoms with Crippen molar-refractivity contribution in [2.75, 3.05) is 0 Å². The van der Waals surface area contributed by atoms with Gasteiger partial charge in [-0.25, -0.2) is 4.68 Å². The van der Waals surface area contributed by atoms with Crippen LogP contribution in [-0.2, 0) is 4.79 Å². The molecule has 1 N–H and O–H groups in total. The van der Waals surface area contributed by atoms with Crippen molar-refractivity contribution < 1.29 is 36.2 Å². The molecule has 0 aliphatic carbocycles. The maximum atomic E-state index is 12.6. The highest BCUT2D eigenvalue weighted by Crippen LogP contribution is 2.45. The number of carboxylic acid groups (broad SMARTS) is 1. The molecule has 1 aromatic rings. The quantitative estimate of drug-likeness (QED) is 0.842. The highest BCUT2D eigenvalue weighted by molar-refractivity contribution is 5.67. The number of aromatic nitrogens is 4. The van der Waals surface area contributed by atoms with E-state index in [0.717, 1.165) is 0 Å². The fourth-order valence-electron chi connectivity index (χ4n) is 1.73. The maximum Gasteiger partial charge on any atom is 0.407 e. The number of tetrazole rings is 1. The molecule has 1 unspecified atom stereocenters. The van der Waals surface area contributed by atoms with Gasteiger partial charge in [-0.15, -0.1) is 5.10 Å². The molecule has 0 aliphatic heterocycles. The molecule has 0 fully saturated rings. The second kappa shape index (κ2) is 5.85. The van der Waals surface area contributed by atoms with Crippen molar-refractivity contribution >= 4 is 5.97 Å². The predicted molar refractivity (Wildman–Crippen MR) is 54.2 cm³/mol. The largest absolute Gasteiger partial charge is 0.481 e. The molecule has 0 bridgehead atoms. The van der Waals surface area contributed by atoms with Gasteiger partial charge >= 0.3 is 18.3 Å². The zero-order chi connectivity index (χ0) is 16.4. The van der Waals surface area contributed by atoms with E-state index in [1.165, 1.54) is 6.92 Å². The second-order valence-corrected chi connectivity index (χ2v) is 4.16. The highest BCUT2D eigenvalue weighted by Gasteiger charge is 2.60. The van der Waals surface area contributed by atoms with Crippen LogP contribution < -0.4 is 0 Å². The van der Waals surface area contributed by atoms with Crippen molar-refractivity contribution in [1.82, 2.24) is 20.2 Å². The Hall–Kier alpha value is -1.88. The summed E-state index contributed by atoms with van der Waals surface area (Å²) in [7, 11) is 0. The first-order valence-electron chi connectivity index (χ1n) is 5.61. The molecule has 0 saturated heterocycles. The van der Waals surface area contributed by atoms with Crippen LogP contribution in [0.4, 0.5) is 26.3 Å². The summed E-state index contributed by atoms with van der Waals surface area (Å²) in [4.78, 5) is 10.6. The van der Waals surface area contributed by atoms with Gasteiger partial charge in [-0.3, -0.25) is 4.79 Å². The Kier molecular flexibility index (Phi) is 4.79. The van der Waals surface area contributed by atoms with Crippen LogP contribution in [0.2, 0.25) is 0 Å². The third kappa shape index (κ3) is 4.04. The van der Waals surface area contributed by atoms with Gasteiger partial charge in [0, 0.05) is 0 Å². The summed E-state index contributed by atoms with van der Waals surface area (Å²) in [6, 6.07) is -1.21. The van der Waals surface area contributed by atoms with E-state index in [1.807, 2.05) is 0 Å². The van der Waals surface area contributed by atoms with Crippen LogP contribution in [0.1, 0.15) is 37.5 Å². The summed E-state index contributed by atoms with van der Waals surface area (Å²) >= 11 is 0. The van der Waals surface area contributed by atoms with Crippen LogP contribution >= 0.6 is 0 Å². The minimum Gasteiger partial charge on any atom is -0.481 e. The van der Waals surface area contributed by atoms with Crippen LogP contribution in [0, 0.1) is 0 Å². The summed E-state index contributed by atoms with van der Waals surface area (Å²) < 4.78 is 76.1. The fourth-order valence-corrected chi connectivity index (χ4v) is 1.73. The molecule has 1 aromatic heterocycles. The molecule has 21 heavy (non-hydrogen) atoms. The SMILES string of the molecule is CCC(CC(=O)O)n1nnnc1C(C(F)(F)F)C(F)(F)F. The van der Waals surface area contributed by atoms with Crippen LogP contribution in [0.5, 0.6) is 0 Å². The third-order valence-electron chi connectivity index (χ3n) is 2.66. The molecular formula is C9H10F6N4O2. The van der Waals surface area contributed by atoms with E-state index < -0.39 is 42.5 Å². The first-order valence-corrected chi connectivity index (χ1v) is 5.61. The van der Waals surface area contributed by atoms with Crippen molar-refractivity contribution in [2.45, 2.75) is 44.1 Å². The van der Waals surface area contributed by atoms with E-state index >= 15 is 0 Å². The standard InChI is InChI=1S/C9H10F6N4O2/c1-2-4(3-5(20)21)19-7(16-17-18-19)6(8(10,11)12)9(13,14)15/h4,6H,2-3H2,1H3,(H,20,21). The number of halogens is 6. The van der Waals surface area contributed by atoms with Gasteiger partial charge in [-0.05, 0) is 16.8 Å². The Morgan fingerprint density at radius 3 is 2.14 bits per heavy atom. The Morgan fingerprint density at radius 1 is 1.24 bits per heavy atom. The van der Waals surface area contributed by atoms with Gasteiger partial charge in [-0.2, -0.15) is 26.3 Å². The molecular weight excluding hydrogens is 310 g/mol. The van der Waals surface area contributed by atoms with Gasteiger partial charge in [0.1, 0.15) is 0 Å². The predicted octanol–water partition coefficient (Wildman–Crippen LogP) is 2.31. The lowest BCUT2D eigenvalue weighted by atomic mass is 10.1. The summed E-state index contributed by atoms with van der Waals surface area (Å²) in [6.07, 6.45) is -12.0. The number of rotatable bonds is 5. The summed E-state index contributed by atoms with van der Waals surface area (Å²) in [5.74, 6) is -6.73. The first kappa shape index (κ1) is 17.2. The Bertz CT molecular complexity index is 483. The number of carbonyl (C=O) groups is 1. The fraction of sp³-hybridized carbons (Fsp3) is 0.778. The van der Waals surface area contributed by atoms with E-state index in [4.69, 9.17) is 5.11 Å². The van der Waals surface area contributed by atoms with Gasteiger partial charge in [0.2, 0.25) is 5.92 Å². The van der Waals surface area contributed by atoms with Gasteiger partial charge in [0.15, 0.2) is 5.82 Å². The lowest BCUT2D eigenvalue weighted by Gasteiger charge is -2.23. The van der Waals surface area contributed by atoms with Crippen molar-refractivity contribution in [3.63, 3.8) is 0 Å². The lowest BCUT2D eigenvalue weighted by Crippen LogP contribution is -2.37. The molecule has 0 radical (unpaired) electrons. The average molecular weight is 320 g/mol. The molecule has 0 saturated carbocycles. The first-order chi connectivity index (χ1) is 9.48. The molecule has 0 aliphatic rings. The summed E-state index contributed by atoms with van der Waals surface area (Å²) in [6.45, 7) is 1.40. The van der Waals surface area contributed by atoms with E-state index in [1.54, 1.807) is 0 Å². The molecule has 1 heterocycles. The zero-order valence-electron chi connectivity index (χ0n) is 10.5. The van der Waals surface area contributed by atoms with Crippen molar-refractivity contribution in [2.24, 2.45) is 0 Å². The van der Waals surface area contributed by atoms with E-state index in [0.29, 0.717) is 0 Å². The van der Waals surface area contributed by atoms with Crippen molar-refractivity contribution in [3.05, 3.63) is 5.82 Å². The molecule has 0 spiro atoms. The molecule has 12 heteroatoms. The van der Waals surface area contributed by atoms with Gasteiger partial charge in [-0.1, -0.05) is 6.92 Å². The minimum absolute atomic E-state index is 0.0488. The summed E-state index contributed by atoms with van der Waals surface area (Å²) in [5, 5.41) is 17.3. The highest BCUT2D eigenvalue weighted by atomic mass is 19.4. The topological polar surface area (TPSA) is 80.9 Å². The third-order valence-corrected chi connectivity index (χ3v) is 2.66. The van der Waals surface area contributed by atoms with Gasteiger partial charge in [0.05, 0.1) is 12.5 Å². The normalized spacial score (nSPS) is 14.5.